The number of rotatable bonds is 9. The van der Waals surface area contributed by atoms with E-state index in [0.29, 0.717) is 19.1 Å². The van der Waals surface area contributed by atoms with Crippen LogP contribution in [0, 0.1) is 5.92 Å². The topological polar surface area (TPSA) is 57.1 Å². The standard InChI is InChI=1S/C18H28BrN3O2/c1-3-20-18(21-10-16(23)13-24-12-14-8-9-14)22(2)11-15-6-4-5-7-17(15)19/h4-7,14,16,23H,3,8-13H2,1-2H3,(H,20,21). The summed E-state index contributed by atoms with van der Waals surface area (Å²) in [5.74, 6) is 1.50. The van der Waals surface area contributed by atoms with Gasteiger partial charge in [0.15, 0.2) is 5.96 Å². The molecule has 0 spiro atoms. The van der Waals surface area contributed by atoms with Gasteiger partial charge in [0.05, 0.1) is 19.3 Å². The van der Waals surface area contributed by atoms with Crippen LogP contribution in [0.1, 0.15) is 25.3 Å². The second-order valence-corrected chi connectivity index (χ2v) is 7.13. The summed E-state index contributed by atoms with van der Waals surface area (Å²) in [7, 11) is 2.00. The van der Waals surface area contributed by atoms with Crippen molar-refractivity contribution >= 4 is 21.9 Å². The minimum atomic E-state index is -0.561. The molecule has 1 aromatic rings. The molecule has 0 radical (unpaired) electrons. The molecule has 6 heteroatoms. The summed E-state index contributed by atoms with van der Waals surface area (Å²) in [6.07, 6.45) is 1.96. The maximum Gasteiger partial charge on any atom is 0.194 e. The van der Waals surface area contributed by atoms with Crippen molar-refractivity contribution in [2.45, 2.75) is 32.4 Å². The summed E-state index contributed by atoms with van der Waals surface area (Å²) in [4.78, 5) is 6.60. The highest BCUT2D eigenvalue weighted by molar-refractivity contribution is 9.10. The van der Waals surface area contributed by atoms with Gasteiger partial charge in [-0.3, -0.25) is 4.99 Å². The molecule has 0 bridgehead atoms. The first-order valence-electron chi connectivity index (χ1n) is 8.58. The molecule has 1 aliphatic carbocycles. The Kier molecular flexibility index (Phi) is 8.02. The molecule has 24 heavy (non-hydrogen) atoms. The zero-order chi connectivity index (χ0) is 17.4. The lowest BCUT2D eigenvalue weighted by atomic mass is 10.2. The number of guanidine groups is 1. The monoisotopic (exact) mass is 397 g/mol. The van der Waals surface area contributed by atoms with Crippen molar-refractivity contribution in [1.29, 1.82) is 0 Å². The van der Waals surface area contributed by atoms with Crippen LogP contribution >= 0.6 is 15.9 Å². The zero-order valence-corrected chi connectivity index (χ0v) is 16.1. The number of hydrogen-bond donors (Lipinski definition) is 2. The Morgan fingerprint density at radius 2 is 2.21 bits per heavy atom. The molecule has 1 fully saturated rings. The average Bonchev–Trinajstić information content (AvgIpc) is 3.37. The molecule has 1 unspecified atom stereocenters. The summed E-state index contributed by atoms with van der Waals surface area (Å²) in [6.45, 7) is 5.02. The molecule has 0 aliphatic heterocycles. The van der Waals surface area contributed by atoms with Gasteiger partial charge in [-0.1, -0.05) is 34.1 Å². The molecule has 5 nitrogen and oxygen atoms in total. The molecular weight excluding hydrogens is 370 g/mol. The number of nitrogens with one attached hydrogen (secondary N) is 1. The fourth-order valence-electron chi connectivity index (χ4n) is 2.33. The van der Waals surface area contributed by atoms with Crippen LogP contribution in [0.15, 0.2) is 33.7 Å². The van der Waals surface area contributed by atoms with Gasteiger partial charge in [-0.2, -0.15) is 0 Å². The second-order valence-electron chi connectivity index (χ2n) is 6.28. The van der Waals surface area contributed by atoms with Crippen molar-refractivity contribution in [3.8, 4) is 0 Å². The fourth-order valence-corrected chi connectivity index (χ4v) is 2.74. The van der Waals surface area contributed by atoms with Gasteiger partial charge in [-0.15, -0.1) is 0 Å². The quantitative estimate of drug-likeness (QED) is 0.496. The van der Waals surface area contributed by atoms with E-state index >= 15 is 0 Å². The minimum Gasteiger partial charge on any atom is -0.389 e. The summed E-state index contributed by atoms with van der Waals surface area (Å²) in [6, 6.07) is 8.16. The maximum absolute atomic E-state index is 10.0. The number of aliphatic hydroxyl groups excluding tert-OH is 1. The van der Waals surface area contributed by atoms with Gasteiger partial charge >= 0.3 is 0 Å². The number of hydrogen-bond acceptors (Lipinski definition) is 3. The Labute approximate surface area is 153 Å². The predicted octanol–water partition coefficient (Wildman–Crippen LogP) is 2.63. The minimum absolute atomic E-state index is 0.341. The highest BCUT2D eigenvalue weighted by Crippen LogP contribution is 2.28. The van der Waals surface area contributed by atoms with Crippen molar-refractivity contribution in [3.63, 3.8) is 0 Å². The van der Waals surface area contributed by atoms with E-state index in [1.807, 2.05) is 32.2 Å². The largest absolute Gasteiger partial charge is 0.389 e. The van der Waals surface area contributed by atoms with Gasteiger partial charge in [0.2, 0.25) is 0 Å². The number of halogens is 1. The van der Waals surface area contributed by atoms with Crippen LogP contribution in [-0.4, -0.2) is 55.4 Å². The lowest BCUT2D eigenvalue weighted by molar-refractivity contribution is 0.0367. The van der Waals surface area contributed by atoms with Crippen LogP contribution < -0.4 is 5.32 Å². The normalized spacial score (nSPS) is 16.1. The van der Waals surface area contributed by atoms with Gasteiger partial charge < -0.3 is 20.1 Å². The van der Waals surface area contributed by atoms with Gasteiger partial charge in [0, 0.05) is 31.2 Å². The van der Waals surface area contributed by atoms with E-state index in [1.54, 1.807) is 0 Å². The van der Waals surface area contributed by atoms with Crippen molar-refractivity contribution in [3.05, 3.63) is 34.3 Å². The predicted molar refractivity (Wildman–Crippen MR) is 101 cm³/mol. The van der Waals surface area contributed by atoms with Crippen molar-refractivity contribution in [1.82, 2.24) is 10.2 Å². The molecule has 134 valence electrons. The molecule has 0 heterocycles. The lowest BCUT2D eigenvalue weighted by Gasteiger charge is -2.23. The molecule has 2 N–H and O–H groups in total. The number of nitrogens with zero attached hydrogens (tertiary/aromatic N) is 2. The van der Waals surface area contributed by atoms with E-state index in [9.17, 15) is 5.11 Å². The van der Waals surface area contributed by atoms with E-state index in [4.69, 9.17) is 4.74 Å². The molecule has 1 saturated carbocycles. The molecule has 2 rings (SSSR count). The molecule has 0 aromatic heterocycles. The van der Waals surface area contributed by atoms with E-state index in [2.05, 4.69) is 37.2 Å². The molecular formula is C18H28BrN3O2. The van der Waals surface area contributed by atoms with Crippen LogP contribution in [-0.2, 0) is 11.3 Å². The summed E-state index contributed by atoms with van der Waals surface area (Å²) >= 11 is 3.58. The van der Waals surface area contributed by atoms with Crippen LogP contribution in [0.5, 0.6) is 0 Å². The van der Waals surface area contributed by atoms with E-state index < -0.39 is 6.10 Å². The molecule has 1 aromatic carbocycles. The van der Waals surface area contributed by atoms with Gasteiger partial charge in [0.1, 0.15) is 0 Å². The number of aliphatic hydroxyl groups is 1. The van der Waals surface area contributed by atoms with Crippen LogP contribution in [0.2, 0.25) is 0 Å². The number of aliphatic imine (C=N–C) groups is 1. The Hall–Kier alpha value is -1.11. The summed E-state index contributed by atoms with van der Waals surface area (Å²) < 4.78 is 6.61. The van der Waals surface area contributed by atoms with E-state index in [0.717, 1.165) is 30.1 Å². The van der Waals surface area contributed by atoms with Crippen molar-refractivity contribution in [2.75, 3.05) is 33.4 Å². The smallest absolute Gasteiger partial charge is 0.194 e. The number of benzene rings is 1. The fraction of sp³-hybridized carbons (Fsp3) is 0.611. The molecule has 0 amide bonds. The van der Waals surface area contributed by atoms with E-state index in [-0.39, 0.29) is 0 Å². The third kappa shape index (κ3) is 6.79. The SMILES string of the molecule is CCNC(=NCC(O)COCC1CC1)N(C)Cc1ccccc1Br. The van der Waals surface area contributed by atoms with Crippen molar-refractivity contribution in [2.24, 2.45) is 10.9 Å². The Bertz CT molecular complexity index is 535. The summed E-state index contributed by atoms with van der Waals surface area (Å²) in [5, 5.41) is 13.3. The number of ether oxygens (including phenoxy) is 1. The third-order valence-electron chi connectivity index (χ3n) is 3.87. The Morgan fingerprint density at radius 3 is 2.88 bits per heavy atom. The third-order valence-corrected chi connectivity index (χ3v) is 4.65. The highest BCUT2D eigenvalue weighted by atomic mass is 79.9. The average molecular weight is 398 g/mol. The van der Waals surface area contributed by atoms with Crippen LogP contribution in [0.3, 0.4) is 0 Å². The summed E-state index contributed by atoms with van der Waals surface area (Å²) in [5.41, 5.74) is 1.19. The second kappa shape index (κ2) is 10.0. The first-order chi connectivity index (χ1) is 11.6. The molecule has 1 aliphatic rings. The maximum atomic E-state index is 10.0. The van der Waals surface area contributed by atoms with Crippen LogP contribution in [0.4, 0.5) is 0 Å². The zero-order valence-electron chi connectivity index (χ0n) is 14.5. The van der Waals surface area contributed by atoms with Gasteiger partial charge in [-0.25, -0.2) is 0 Å². The first-order valence-corrected chi connectivity index (χ1v) is 9.38. The van der Waals surface area contributed by atoms with E-state index in [1.165, 1.54) is 18.4 Å². The molecule has 1 atom stereocenters. The van der Waals surface area contributed by atoms with Crippen LogP contribution in [0.25, 0.3) is 0 Å². The van der Waals surface area contributed by atoms with Crippen molar-refractivity contribution < 1.29 is 9.84 Å². The van der Waals surface area contributed by atoms with Gasteiger partial charge in [0.25, 0.3) is 0 Å². The first kappa shape index (κ1) is 19.2. The molecule has 0 saturated heterocycles. The lowest BCUT2D eigenvalue weighted by Crippen LogP contribution is -2.39. The highest BCUT2D eigenvalue weighted by Gasteiger charge is 2.21. The Balaban J connectivity index is 1.84. The van der Waals surface area contributed by atoms with Gasteiger partial charge in [-0.05, 0) is 37.3 Å². The Morgan fingerprint density at radius 1 is 1.46 bits per heavy atom.